The van der Waals surface area contributed by atoms with Gasteiger partial charge in [0.25, 0.3) is 0 Å². The van der Waals surface area contributed by atoms with Crippen LogP contribution in [0.25, 0.3) is 0 Å². The highest BCUT2D eigenvalue weighted by molar-refractivity contribution is 5.85. The van der Waals surface area contributed by atoms with Crippen LogP contribution >= 0.6 is 12.4 Å². The molecule has 0 aliphatic carbocycles. The molecule has 0 bridgehead atoms. The van der Waals surface area contributed by atoms with Crippen LogP contribution in [0.3, 0.4) is 0 Å². The molecule has 0 fully saturated rings. The van der Waals surface area contributed by atoms with Gasteiger partial charge in [-0.3, -0.25) is 0 Å². The van der Waals surface area contributed by atoms with E-state index in [1.54, 1.807) is 0 Å². The average molecular weight is 292 g/mol. The Morgan fingerprint density at radius 2 is 1.60 bits per heavy atom. The first-order chi connectivity index (χ1) is 9.15. The van der Waals surface area contributed by atoms with Gasteiger partial charge in [0.1, 0.15) is 11.5 Å². The fourth-order valence-corrected chi connectivity index (χ4v) is 2.08. The van der Waals surface area contributed by atoms with E-state index in [1.165, 1.54) is 0 Å². The van der Waals surface area contributed by atoms with Gasteiger partial charge in [0.15, 0.2) is 0 Å². The molecule has 0 saturated heterocycles. The van der Waals surface area contributed by atoms with Gasteiger partial charge in [0.2, 0.25) is 0 Å². The summed E-state index contributed by atoms with van der Waals surface area (Å²) in [6, 6.07) is 17.9. The minimum atomic E-state index is 0. The van der Waals surface area contributed by atoms with Gasteiger partial charge in [-0.25, -0.2) is 0 Å². The maximum Gasteiger partial charge on any atom is 0.127 e. The number of halogens is 1. The van der Waals surface area contributed by atoms with Crippen LogP contribution in [0, 0.1) is 5.92 Å². The van der Waals surface area contributed by atoms with Crippen LogP contribution in [0.2, 0.25) is 0 Å². The topological polar surface area (TPSA) is 35.2 Å². The van der Waals surface area contributed by atoms with Gasteiger partial charge < -0.3 is 10.5 Å². The van der Waals surface area contributed by atoms with Crippen LogP contribution in [0.1, 0.15) is 31.9 Å². The molecular weight excluding hydrogens is 270 g/mol. The average Bonchev–Trinajstić information content (AvgIpc) is 2.39. The quantitative estimate of drug-likeness (QED) is 0.846. The van der Waals surface area contributed by atoms with E-state index in [2.05, 4.69) is 19.9 Å². The second kappa shape index (κ2) is 7.93. The van der Waals surface area contributed by atoms with Crippen LogP contribution < -0.4 is 10.5 Å². The number of para-hydroxylation sites is 1. The lowest BCUT2D eigenvalue weighted by Crippen LogP contribution is -2.12. The second-order valence-corrected chi connectivity index (χ2v) is 5.22. The Balaban J connectivity index is 0.00000200. The lowest BCUT2D eigenvalue weighted by Gasteiger charge is -2.15. The van der Waals surface area contributed by atoms with Crippen molar-refractivity contribution >= 4 is 12.4 Å². The molecule has 2 aromatic rings. The van der Waals surface area contributed by atoms with E-state index in [-0.39, 0.29) is 18.4 Å². The van der Waals surface area contributed by atoms with E-state index in [1.807, 2.05) is 48.5 Å². The van der Waals surface area contributed by atoms with Crippen molar-refractivity contribution in [3.63, 3.8) is 0 Å². The van der Waals surface area contributed by atoms with Crippen LogP contribution in [0.4, 0.5) is 0 Å². The number of nitrogens with two attached hydrogens (primary N) is 1. The predicted molar refractivity (Wildman–Crippen MR) is 86.6 cm³/mol. The molecule has 0 saturated carbocycles. The van der Waals surface area contributed by atoms with Crippen LogP contribution in [0.15, 0.2) is 54.6 Å². The second-order valence-electron chi connectivity index (χ2n) is 5.22. The molecule has 3 heteroatoms. The SMILES string of the molecule is CC(C)C[C@H](N)c1cccc(Oc2ccccc2)c1.Cl. The molecule has 0 aromatic heterocycles. The van der Waals surface area contributed by atoms with Crippen molar-refractivity contribution in [2.75, 3.05) is 0 Å². The van der Waals surface area contributed by atoms with Crippen molar-refractivity contribution in [3.05, 3.63) is 60.2 Å². The van der Waals surface area contributed by atoms with Crippen molar-refractivity contribution < 1.29 is 4.74 Å². The summed E-state index contributed by atoms with van der Waals surface area (Å²) < 4.78 is 5.82. The molecule has 0 amide bonds. The summed E-state index contributed by atoms with van der Waals surface area (Å²) in [5.41, 5.74) is 7.33. The first-order valence-corrected chi connectivity index (χ1v) is 6.73. The highest BCUT2D eigenvalue weighted by Gasteiger charge is 2.09. The summed E-state index contributed by atoms with van der Waals surface area (Å²) in [6.45, 7) is 4.37. The molecule has 0 aliphatic heterocycles. The summed E-state index contributed by atoms with van der Waals surface area (Å²) in [5.74, 6) is 2.27. The molecule has 0 aliphatic rings. The number of ether oxygens (including phenoxy) is 1. The Labute approximate surface area is 127 Å². The van der Waals surface area contributed by atoms with Gasteiger partial charge in [-0.15, -0.1) is 12.4 Å². The molecule has 108 valence electrons. The fraction of sp³-hybridized carbons (Fsp3) is 0.294. The van der Waals surface area contributed by atoms with E-state index >= 15 is 0 Å². The van der Waals surface area contributed by atoms with Crippen LogP contribution in [-0.4, -0.2) is 0 Å². The highest BCUT2D eigenvalue weighted by Crippen LogP contribution is 2.26. The van der Waals surface area contributed by atoms with Crippen molar-refractivity contribution in [2.24, 2.45) is 11.7 Å². The molecule has 0 spiro atoms. The Morgan fingerprint density at radius 3 is 2.25 bits per heavy atom. The third-order valence-electron chi connectivity index (χ3n) is 2.99. The Morgan fingerprint density at radius 1 is 0.950 bits per heavy atom. The molecule has 2 rings (SSSR count). The Hall–Kier alpha value is -1.51. The number of hydrogen-bond donors (Lipinski definition) is 1. The van der Waals surface area contributed by atoms with Crippen LogP contribution in [-0.2, 0) is 0 Å². The normalized spacial score (nSPS) is 11.8. The molecule has 0 unspecified atom stereocenters. The molecule has 0 heterocycles. The van der Waals surface area contributed by atoms with Crippen molar-refractivity contribution in [1.82, 2.24) is 0 Å². The maximum absolute atomic E-state index is 6.20. The van der Waals surface area contributed by atoms with Gasteiger partial charge in [0.05, 0.1) is 0 Å². The molecular formula is C17H22ClNO. The van der Waals surface area contributed by atoms with Crippen molar-refractivity contribution in [1.29, 1.82) is 0 Å². The Kier molecular flexibility index (Phi) is 6.56. The summed E-state index contributed by atoms with van der Waals surface area (Å²) in [5, 5.41) is 0. The number of hydrogen-bond acceptors (Lipinski definition) is 2. The van der Waals surface area contributed by atoms with Crippen molar-refractivity contribution in [2.45, 2.75) is 26.3 Å². The Bertz CT molecular complexity index is 513. The molecule has 1 atom stereocenters. The van der Waals surface area contributed by atoms with Crippen molar-refractivity contribution in [3.8, 4) is 11.5 Å². The lowest BCUT2D eigenvalue weighted by atomic mass is 9.98. The molecule has 2 nitrogen and oxygen atoms in total. The molecule has 20 heavy (non-hydrogen) atoms. The zero-order valence-corrected chi connectivity index (χ0v) is 12.8. The number of benzene rings is 2. The first-order valence-electron chi connectivity index (χ1n) is 6.73. The highest BCUT2D eigenvalue weighted by atomic mass is 35.5. The van der Waals surface area contributed by atoms with E-state index in [0.717, 1.165) is 23.5 Å². The summed E-state index contributed by atoms with van der Waals surface area (Å²) in [7, 11) is 0. The third kappa shape index (κ3) is 4.87. The smallest absolute Gasteiger partial charge is 0.127 e. The third-order valence-corrected chi connectivity index (χ3v) is 2.99. The van der Waals surface area contributed by atoms with Gasteiger partial charge in [-0.05, 0) is 42.2 Å². The van der Waals surface area contributed by atoms with Gasteiger partial charge in [0, 0.05) is 6.04 Å². The van der Waals surface area contributed by atoms with E-state index in [0.29, 0.717) is 5.92 Å². The summed E-state index contributed by atoms with van der Waals surface area (Å²) in [6.07, 6.45) is 0.981. The number of rotatable bonds is 5. The van der Waals surface area contributed by atoms with Gasteiger partial charge in [-0.1, -0.05) is 44.2 Å². The first kappa shape index (κ1) is 16.5. The fourth-order valence-electron chi connectivity index (χ4n) is 2.08. The standard InChI is InChI=1S/C17H21NO.ClH/c1-13(2)11-17(18)14-7-6-10-16(12-14)19-15-8-4-3-5-9-15;/h3-10,12-13,17H,11,18H2,1-2H3;1H/t17-;/m0./s1. The monoisotopic (exact) mass is 291 g/mol. The van der Waals surface area contributed by atoms with E-state index in [9.17, 15) is 0 Å². The van der Waals surface area contributed by atoms with Gasteiger partial charge in [-0.2, -0.15) is 0 Å². The lowest BCUT2D eigenvalue weighted by molar-refractivity contribution is 0.476. The van der Waals surface area contributed by atoms with E-state index < -0.39 is 0 Å². The maximum atomic E-state index is 6.20. The minimum absolute atomic E-state index is 0. The molecule has 0 radical (unpaired) electrons. The zero-order chi connectivity index (χ0) is 13.7. The largest absolute Gasteiger partial charge is 0.457 e. The van der Waals surface area contributed by atoms with Gasteiger partial charge >= 0.3 is 0 Å². The predicted octanol–water partition coefficient (Wildman–Crippen LogP) is 4.95. The van der Waals surface area contributed by atoms with Crippen LogP contribution in [0.5, 0.6) is 11.5 Å². The summed E-state index contributed by atoms with van der Waals surface area (Å²) in [4.78, 5) is 0. The summed E-state index contributed by atoms with van der Waals surface area (Å²) >= 11 is 0. The minimum Gasteiger partial charge on any atom is -0.457 e. The zero-order valence-electron chi connectivity index (χ0n) is 12.0. The van der Waals surface area contributed by atoms with E-state index in [4.69, 9.17) is 10.5 Å². The molecule has 2 N–H and O–H groups in total. The molecule has 2 aromatic carbocycles.